The summed E-state index contributed by atoms with van der Waals surface area (Å²) in [5, 5.41) is 25.5. The van der Waals surface area contributed by atoms with E-state index < -0.39 is 5.91 Å². The summed E-state index contributed by atoms with van der Waals surface area (Å²) in [6, 6.07) is 29.9. The van der Waals surface area contributed by atoms with Crippen LogP contribution in [-0.4, -0.2) is 38.0 Å². The van der Waals surface area contributed by atoms with Gasteiger partial charge in [0.05, 0.1) is 17.1 Å². The second-order valence-electron chi connectivity index (χ2n) is 10.7. The molecule has 228 valence electrons. The average molecular weight is 611 g/mol. The standard InChI is InChI=1S/C36H30N6O4/c37-33(44)17-14-24-19-32(29-9-2-4-11-31(29)40-36(46)22-12-15-27(43)16-13-22)41-42-34(24)23-6-5-7-25(18-23)35(45)39-21-26-20-38-30-10-3-1-8-28(26)30/h1-13,15-16,18-20,38,43H,14,17,21H2,(H2,37,44)(H,39,45)(H,40,46). The maximum atomic E-state index is 13.2. The fraction of sp³-hybridized carbons (Fsp3) is 0.0833. The summed E-state index contributed by atoms with van der Waals surface area (Å²) in [6.07, 6.45) is 2.27. The number of anilines is 1. The van der Waals surface area contributed by atoms with Gasteiger partial charge in [-0.05, 0) is 72.1 Å². The normalized spacial score (nSPS) is 10.9. The molecule has 10 heteroatoms. The minimum Gasteiger partial charge on any atom is -0.508 e. The maximum absolute atomic E-state index is 13.2. The van der Waals surface area contributed by atoms with Crippen molar-refractivity contribution in [3.8, 4) is 28.3 Å². The number of phenols is 1. The van der Waals surface area contributed by atoms with Gasteiger partial charge in [0.2, 0.25) is 5.91 Å². The third kappa shape index (κ3) is 6.61. The summed E-state index contributed by atoms with van der Waals surface area (Å²) >= 11 is 0. The number of benzene rings is 4. The number of para-hydroxylation sites is 2. The lowest BCUT2D eigenvalue weighted by Gasteiger charge is -2.14. The van der Waals surface area contributed by atoms with Gasteiger partial charge in [-0.3, -0.25) is 14.4 Å². The summed E-state index contributed by atoms with van der Waals surface area (Å²) in [7, 11) is 0. The van der Waals surface area contributed by atoms with Crippen molar-refractivity contribution in [2.45, 2.75) is 19.4 Å². The van der Waals surface area contributed by atoms with E-state index in [1.54, 1.807) is 30.3 Å². The summed E-state index contributed by atoms with van der Waals surface area (Å²) in [5.74, 6) is -0.997. The number of carbonyl (C=O) groups is 3. The number of rotatable bonds is 10. The first-order valence-electron chi connectivity index (χ1n) is 14.6. The van der Waals surface area contributed by atoms with Crippen LogP contribution in [0.4, 0.5) is 5.69 Å². The lowest BCUT2D eigenvalue weighted by atomic mass is 9.98. The summed E-state index contributed by atoms with van der Waals surface area (Å²) in [5.41, 5.74) is 11.8. The molecule has 2 heterocycles. The molecule has 0 unspecified atom stereocenters. The highest BCUT2D eigenvalue weighted by molar-refractivity contribution is 6.06. The number of nitrogens with zero attached hydrogens (tertiary/aromatic N) is 2. The first-order valence-corrected chi connectivity index (χ1v) is 14.6. The van der Waals surface area contributed by atoms with E-state index in [2.05, 4.69) is 25.8 Å². The highest BCUT2D eigenvalue weighted by Crippen LogP contribution is 2.31. The van der Waals surface area contributed by atoms with Crippen LogP contribution >= 0.6 is 0 Å². The van der Waals surface area contributed by atoms with Crippen molar-refractivity contribution in [3.05, 3.63) is 132 Å². The molecular weight excluding hydrogens is 580 g/mol. The van der Waals surface area contributed by atoms with E-state index in [4.69, 9.17) is 5.73 Å². The Labute approximate surface area is 264 Å². The number of hydrogen-bond acceptors (Lipinski definition) is 6. The SMILES string of the molecule is NC(=O)CCc1cc(-c2ccccc2NC(=O)c2ccc(O)cc2)nnc1-c1cccc(C(=O)NCc2c[nH]c3ccccc23)c1. The van der Waals surface area contributed by atoms with Crippen LogP contribution in [-0.2, 0) is 17.8 Å². The molecule has 0 bridgehead atoms. The van der Waals surface area contributed by atoms with Gasteiger partial charge in [-0.15, -0.1) is 10.2 Å². The van der Waals surface area contributed by atoms with Crippen LogP contribution in [0, 0.1) is 0 Å². The zero-order valence-electron chi connectivity index (χ0n) is 24.7. The predicted octanol–water partition coefficient (Wildman–Crippen LogP) is 5.60. The maximum Gasteiger partial charge on any atom is 0.255 e. The minimum absolute atomic E-state index is 0.0624. The van der Waals surface area contributed by atoms with Crippen LogP contribution < -0.4 is 16.4 Å². The highest BCUT2D eigenvalue weighted by Gasteiger charge is 2.17. The van der Waals surface area contributed by atoms with Crippen LogP contribution in [0.15, 0.2) is 109 Å². The van der Waals surface area contributed by atoms with Gasteiger partial charge in [0.25, 0.3) is 11.8 Å². The Bertz CT molecular complexity index is 2070. The van der Waals surface area contributed by atoms with Gasteiger partial charge in [0.15, 0.2) is 0 Å². The number of phenolic OH excluding ortho intramolecular Hbond substituents is 1. The summed E-state index contributed by atoms with van der Waals surface area (Å²) in [4.78, 5) is 41.1. The molecule has 0 radical (unpaired) electrons. The molecule has 0 atom stereocenters. The Hall–Kier alpha value is -6.29. The summed E-state index contributed by atoms with van der Waals surface area (Å²) < 4.78 is 0. The van der Waals surface area contributed by atoms with E-state index in [1.807, 2.05) is 54.7 Å². The van der Waals surface area contributed by atoms with E-state index in [9.17, 15) is 19.5 Å². The average Bonchev–Trinajstić information content (AvgIpc) is 3.50. The van der Waals surface area contributed by atoms with Crippen LogP contribution in [0.5, 0.6) is 5.75 Å². The molecule has 0 saturated heterocycles. The van der Waals surface area contributed by atoms with Crippen LogP contribution in [0.1, 0.15) is 38.3 Å². The minimum atomic E-state index is -0.462. The molecule has 46 heavy (non-hydrogen) atoms. The number of aromatic hydroxyl groups is 1. The highest BCUT2D eigenvalue weighted by atomic mass is 16.3. The fourth-order valence-corrected chi connectivity index (χ4v) is 5.24. The van der Waals surface area contributed by atoms with Crippen LogP contribution in [0.3, 0.4) is 0 Å². The largest absolute Gasteiger partial charge is 0.508 e. The Balaban J connectivity index is 1.27. The van der Waals surface area contributed by atoms with Crippen molar-refractivity contribution in [3.63, 3.8) is 0 Å². The van der Waals surface area contributed by atoms with Gasteiger partial charge in [-0.25, -0.2) is 0 Å². The molecule has 0 aliphatic heterocycles. The zero-order chi connectivity index (χ0) is 32.0. The molecule has 0 aliphatic carbocycles. The third-order valence-electron chi connectivity index (χ3n) is 7.61. The van der Waals surface area contributed by atoms with Crippen molar-refractivity contribution in [1.29, 1.82) is 0 Å². The Morgan fingerprint density at radius 2 is 1.57 bits per heavy atom. The number of aromatic amines is 1. The molecule has 2 aromatic heterocycles. The number of nitrogens with one attached hydrogen (secondary N) is 3. The number of aromatic nitrogens is 3. The van der Waals surface area contributed by atoms with E-state index in [0.717, 1.165) is 16.5 Å². The number of H-pyrrole nitrogens is 1. The monoisotopic (exact) mass is 610 g/mol. The smallest absolute Gasteiger partial charge is 0.255 e. The molecule has 0 aliphatic rings. The second-order valence-corrected chi connectivity index (χ2v) is 10.7. The molecule has 6 N–H and O–H groups in total. The molecular formula is C36H30N6O4. The lowest BCUT2D eigenvalue weighted by molar-refractivity contribution is -0.118. The third-order valence-corrected chi connectivity index (χ3v) is 7.61. The van der Waals surface area contributed by atoms with Gasteiger partial charge in [-0.1, -0.05) is 48.5 Å². The van der Waals surface area contributed by atoms with E-state index in [1.165, 1.54) is 24.3 Å². The first kappa shape index (κ1) is 29.8. The number of amides is 3. The molecule has 0 spiro atoms. The van der Waals surface area contributed by atoms with Gasteiger partial charge in [0, 0.05) is 52.3 Å². The topological polar surface area (TPSA) is 163 Å². The number of nitrogens with two attached hydrogens (primary N) is 1. The Morgan fingerprint density at radius 1 is 0.783 bits per heavy atom. The van der Waals surface area contributed by atoms with Crippen LogP contribution in [0.25, 0.3) is 33.4 Å². The number of fused-ring (bicyclic) bond motifs is 1. The molecule has 4 aromatic carbocycles. The molecule has 6 rings (SSSR count). The van der Waals surface area contributed by atoms with Gasteiger partial charge >= 0.3 is 0 Å². The number of carbonyl (C=O) groups excluding carboxylic acids is 3. The summed E-state index contributed by atoms with van der Waals surface area (Å²) in [6.45, 7) is 0.355. The van der Waals surface area contributed by atoms with Crippen molar-refractivity contribution in [2.24, 2.45) is 5.73 Å². The van der Waals surface area contributed by atoms with Crippen molar-refractivity contribution < 1.29 is 19.5 Å². The van der Waals surface area contributed by atoms with E-state index in [0.29, 0.717) is 57.9 Å². The van der Waals surface area contributed by atoms with Gasteiger partial charge in [-0.2, -0.15) is 0 Å². The first-order chi connectivity index (χ1) is 22.4. The molecule has 0 saturated carbocycles. The second kappa shape index (κ2) is 13.1. The fourth-order valence-electron chi connectivity index (χ4n) is 5.24. The molecule has 10 nitrogen and oxygen atoms in total. The Kier molecular flexibility index (Phi) is 8.51. The number of hydrogen-bond donors (Lipinski definition) is 5. The lowest BCUT2D eigenvalue weighted by Crippen LogP contribution is -2.22. The van der Waals surface area contributed by atoms with E-state index in [-0.39, 0.29) is 24.0 Å². The zero-order valence-corrected chi connectivity index (χ0v) is 24.7. The number of primary amides is 1. The van der Waals surface area contributed by atoms with Crippen molar-refractivity contribution >= 4 is 34.3 Å². The quantitative estimate of drug-likeness (QED) is 0.136. The molecule has 0 fully saturated rings. The molecule has 6 aromatic rings. The Morgan fingerprint density at radius 3 is 2.39 bits per heavy atom. The number of aryl methyl sites for hydroxylation is 1. The predicted molar refractivity (Wildman–Crippen MR) is 176 cm³/mol. The van der Waals surface area contributed by atoms with Crippen LogP contribution in [0.2, 0.25) is 0 Å². The van der Waals surface area contributed by atoms with Crippen molar-refractivity contribution in [2.75, 3.05) is 5.32 Å². The van der Waals surface area contributed by atoms with E-state index >= 15 is 0 Å². The molecule has 3 amide bonds. The van der Waals surface area contributed by atoms with Gasteiger partial charge < -0.3 is 26.5 Å². The van der Waals surface area contributed by atoms with Gasteiger partial charge in [0.1, 0.15) is 5.75 Å². The van der Waals surface area contributed by atoms with Crippen molar-refractivity contribution in [1.82, 2.24) is 20.5 Å².